The smallest absolute Gasteiger partial charge is 0.293 e. The maximum atomic E-state index is 13.4. The third-order valence-corrected chi connectivity index (χ3v) is 2.56. The molecule has 0 saturated carbocycles. The molecule has 0 amide bonds. The van der Waals surface area contributed by atoms with Gasteiger partial charge in [-0.1, -0.05) is 11.2 Å². The Bertz CT molecular complexity index is 680. The number of aromatic nitrogens is 2. The number of halogens is 1. The van der Waals surface area contributed by atoms with Crippen LogP contribution in [0.2, 0.25) is 0 Å². The summed E-state index contributed by atoms with van der Waals surface area (Å²) in [6.45, 7) is 4.56. The Labute approximate surface area is 139 Å². The van der Waals surface area contributed by atoms with Gasteiger partial charge in [-0.15, -0.1) is 0 Å². The molecule has 0 fully saturated rings. The molecule has 0 saturated heterocycles. The minimum absolute atomic E-state index is 0.158. The highest BCUT2D eigenvalue weighted by Gasteiger charge is 2.06. The van der Waals surface area contributed by atoms with Crippen molar-refractivity contribution in [2.24, 2.45) is 10.7 Å². The quantitative estimate of drug-likeness (QED) is 0.493. The Kier molecular flexibility index (Phi) is 8.44. The average molecular weight is 334 g/mol. The van der Waals surface area contributed by atoms with Crippen LogP contribution in [0.5, 0.6) is 0 Å². The Hall–Kier alpha value is -3.03. The van der Waals surface area contributed by atoms with Crippen molar-refractivity contribution in [2.45, 2.75) is 20.4 Å². The van der Waals surface area contributed by atoms with Crippen molar-refractivity contribution in [2.75, 3.05) is 6.61 Å². The summed E-state index contributed by atoms with van der Waals surface area (Å²) in [7, 11) is 0. The highest BCUT2D eigenvalue weighted by atomic mass is 19.1. The number of nitrogens with zero attached hydrogens (tertiary/aromatic N) is 3. The lowest BCUT2D eigenvalue weighted by Gasteiger charge is -2.00. The van der Waals surface area contributed by atoms with E-state index < -0.39 is 5.95 Å². The number of carbonyl (C=O) groups is 1. The van der Waals surface area contributed by atoms with Gasteiger partial charge in [0.1, 0.15) is 12.0 Å². The monoisotopic (exact) mass is 334 g/mol. The van der Waals surface area contributed by atoms with Gasteiger partial charge in [-0.2, -0.15) is 4.39 Å². The molecule has 2 heterocycles. The molecule has 0 radical (unpaired) electrons. The molecule has 2 N–H and O–H groups in total. The van der Waals surface area contributed by atoms with E-state index in [0.29, 0.717) is 35.7 Å². The van der Waals surface area contributed by atoms with Crippen molar-refractivity contribution in [3.63, 3.8) is 0 Å². The summed E-state index contributed by atoms with van der Waals surface area (Å²) in [4.78, 5) is 17.0. The van der Waals surface area contributed by atoms with Gasteiger partial charge >= 0.3 is 0 Å². The van der Waals surface area contributed by atoms with Crippen LogP contribution in [0.25, 0.3) is 0 Å². The first-order chi connectivity index (χ1) is 11.6. The second kappa shape index (κ2) is 10.7. The molecule has 0 atom stereocenters. The average Bonchev–Trinajstić information content (AvgIpc) is 3.08. The third kappa shape index (κ3) is 6.82. The second-order valence-electron chi connectivity index (χ2n) is 4.48. The Morgan fingerprint density at radius 3 is 2.79 bits per heavy atom. The van der Waals surface area contributed by atoms with E-state index in [2.05, 4.69) is 19.9 Å². The standard InChI is InChI=1S/C13H13FN4O.C3H6O2/c1-9(15)7-12(11-4-6-19-18-11)17-8-10-3-2-5-16-13(10)14;1-2-5-3-4/h2-7H,8,15H2,1H3;3H,2H2,1H3/b9-7-,17-12?;. The lowest BCUT2D eigenvalue weighted by molar-refractivity contribution is -0.128. The minimum Gasteiger partial charge on any atom is -0.468 e. The number of aliphatic imine (C=N–C) groups is 1. The molecule has 0 aliphatic heterocycles. The number of hydrogen-bond donors (Lipinski definition) is 1. The number of ether oxygens (including phenoxy) is 1. The highest BCUT2D eigenvalue weighted by Crippen LogP contribution is 2.08. The van der Waals surface area contributed by atoms with Crippen molar-refractivity contribution in [1.29, 1.82) is 0 Å². The van der Waals surface area contributed by atoms with E-state index in [1.54, 1.807) is 38.1 Å². The van der Waals surface area contributed by atoms with E-state index in [9.17, 15) is 9.18 Å². The second-order valence-corrected chi connectivity index (χ2v) is 4.48. The summed E-state index contributed by atoms with van der Waals surface area (Å²) in [5, 5.41) is 3.79. The van der Waals surface area contributed by atoms with Gasteiger partial charge in [0.05, 0.1) is 18.9 Å². The molecule has 0 aliphatic rings. The zero-order valence-electron chi connectivity index (χ0n) is 13.5. The van der Waals surface area contributed by atoms with Gasteiger partial charge < -0.3 is 15.0 Å². The predicted molar refractivity (Wildman–Crippen MR) is 86.6 cm³/mol. The van der Waals surface area contributed by atoms with E-state index in [-0.39, 0.29) is 6.54 Å². The normalized spacial score (nSPS) is 11.5. The van der Waals surface area contributed by atoms with Crippen molar-refractivity contribution >= 4 is 12.2 Å². The molecule has 0 unspecified atom stereocenters. The zero-order chi connectivity index (χ0) is 17.8. The van der Waals surface area contributed by atoms with Crippen LogP contribution in [0.1, 0.15) is 25.1 Å². The topological polar surface area (TPSA) is 104 Å². The van der Waals surface area contributed by atoms with Crippen LogP contribution in [-0.4, -0.2) is 28.9 Å². The van der Waals surface area contributed by atoms with Crippen molar-refractivity contribution in [3.05, 3.63) is 59.6 Å². The largest absolute Gasteiger partial charge is 0.468 e. The number of nitrogens with two attached hydrogens (primary N) is 1. The summed E-state index contributed by atoms with van der Waals surface area (Å²) in [5.74, 6) is -0.529. The predicted octanol–water partition coefficient (Wildman–Crippen LogP) is 2.24. The Balaban J connectivity index is 0.000000505. The molecule has 0 spiro atoms. The summed E-state index contributed by atoms with van der Waals surface area (Å²) < 4.78 is 22.3. The van der Waals surface area contributed by atoms with Crippen LogP contribution >= 0.6 is 0 Å². The Morgan fingerprint density at radius 2 is 2.29 bits per heavy atom. The third-order valence-electron chi connectivity index (χ3n) is 2.56. The molecule has 128 valence electrons. The van der Waals surface area contributed by atoms with Gasteiger partial charge in [0, 0.05) is 23.5 Å². The van der Waals surface area contributed by atoms with Gasteiger partial charge in [-0.3, -0.25) is 9.79 Å². The van der Waals surface area contributed by atoms with E-state index >= 15 is 0 Å². The van der Waals surface area contributed by atoms with Crippen LogP contribution in [0.15, 0.2) is 51.9 Å². The zero-order valence-corrected chi connectivity index (χ0v) is 13.5. The van der Waals surface area contributed by atoms with Crippen LogP contribution in [0.4, 0.5) is 4.39 Å². The molecule has 0 aliphatic carbocycles. The number of hydrogen-bond acceptors (Lipinski definition) is 7. The fraction of sp³-hybridized carbons (Fsp3) is 0.250. The molecule has 24 heavy (non-hydrogen) atoms. The van der Waals surface area contributed by atoms with E-state index in [4.69, 9.17) is 10.3 Å². The van der Waals surface area contributed by atoms with Crippen molar-refractivity contribution in [3.8, 4) is 0 Å². The van der Waals surface area contributed by atoms with Crippen LogP contribution in [0, 0.1) is 5.95 Å². The van der Waals surface area contributed by atoms with Gasteiger partial charge in [0.15, 0.2) is 0 Å². The summed E-state index contributed by atoms with van der Waals surface area (Å²) in [6, 6.07) is 4.96. The first-order valence-electron chi connectivity index (χ1n) is 7.12. The SMILES string of the molecule is C/C(N)=C/C(=NCc1cccnc1F)c1ccon1.CCOC=O. The van der Waals surface area contributed by atoms with E-state index in [0.717, 1.165) is 0 Å². The summed E-state index contributed by atoms with van der Waals surface area (Å²) in [5.41, 5.74) is 7.71. The highest BCUT2D eigenvalue weighted by molar-refractivity contribution is 6.07. The van der Waals surface area contributed by atoms with Crippen LogP contribution < -0.4 is 5.73 Å². The number of carbonyl (C=O) groups excluding carboxylic acids is 1. The van der Waals surface area contributed by atoms with Gasteiger partial charge in [0.2, 0.25) is 5.95 Å². The molecule has 0 aromatic carbocycles. The molecule has 2 aromatic heterocycles. The summed E-state index contributed by atoms with van der Waals surface area (Å²) >= 11 is 0. The van der Waals surface area contributed by atoms with Gasteiger partial charge in [0.25, 0.3) is 6.47 Å². The molecular weight excluding hydrogens is 315 g/mol. The molecular formula is C16H19FN4O3. The molecule has 2 rings (SSSR count). The van der Waals surface area contributed by atoms with Crippen molar-refractivity contribution in [1.82, 2.24) is 10.1 Å². The molecule has 0 bridgehead atoms. The maximum absolute atomic E-state index is 13.4. The van der Waals surface area contributed by atoms with Gasteiger partial charge in [-0.25, -0.2) is 4.98 Å². The fourth-order valence-electron chi connectivity index (χ4n) is 1.54. The summed E-state index contributed by atoms with van der Waals surface area (Å²) in [6.07, 6.45) is 4.49. The van der Waals surface area contributed by atoms with Crippen LogP contribution in [0.3, 0.4) is 0 Å². The van der Waals surface area contributed by atoms with Gasteiger partial charge in [-0.05, 0) is 26.0 Å². The molecule has 8 heteroatoms. The molecule has 7 nitrogen and oxygen atoms in total. The van der Waals surface area contributed by atoms with E-state index in [1.807, 2.05) is 0 Å². The number of rotatable bonds is 6. The fourth-order valence-corrected chi connectivity index (χ4v) is 1.54. The lowest BCUT2D eigenvalue weighted by Crippen LogP contribution is -2.03. The van der Waals surface area contributed by atoms with Crippen molar-refractivity contribution < 1.29 is 18.4 Å². The lowest BCUT2D eigenvalue weighted by atomic mass is 10.2. The van der Waals surface area contributed by atoms with Crippen LogP contribution in [-0.2, 0) is 16.1 Å². The molecule has 2 aromatic rings. The first-order valence-corrected chi connectivity index (χ1v) is 7.12. The number of allylic oxidation sites excluding steroid dienone is 2. The number of pyridine rings is 1. The maximum Gasteiger partial charge on any atom is 0.293 e. The van der Waals surface area contributed by atoms with E-state index in [1.165, 1.54) is 12.5 Å². The Morgan fingerprint density at radius 1 is 1.50 bits per heavy atom. The minimum atomic E-state index is -0.529. The first kappa shape index (κ1) is 19.0.